The largest absolute Gasteiger partial charge is 0.462 e. The summed E-state index contributed by atoms with van der Waals surface area (Å²) in [5.41, 5.74) is 6.22. The van der Waals surface area contributed by atoms with Gasteiger partial charge >= 0.3 is 5.97 Å². The number of rotatable bonds is 4. The smallest absolute Gasteiger partial charge is 0.341 e. The Kier molecular flexibility index (Phi) is 8.12. The van der Waals surface area contributed by atoms with E-state index in [9.17, 15) is 9.90 Å². The fourth-order valence-electron chi connectivity index (χ4n) is 2.35. The van der Waals surface area contributed by atoms with Gasteiger partial charge in [0.2, 0.25) is 0 Å². The Bertz CT molecular complexity index is 418. The number of halogens is 2. The maximum absolute atomic E-state index is 11.5. The third kappa shape index (κ3) is 4.63. The van der Waals surface area contributed by atoms with Crippen molar-refractivity contribution in [3.05, 3.63) is 18.0 Å². The van der Waals surface area contributed by atoms with Gasteiger partial charge in [-0.2, -0.15) is 5.10 Å². The highest BCUT2D eigenvalue weighted by molar-refractivity contribution is 5.88. The second-order valence-electron chi connectivity index (χ2n) is 4.74. The van der Waals surface area contributed by atoms with E-state index in [4.69, 9.17) is 10.5 Å². The topological polar surface area (TPSA) is 90.4 Å². The zero-order valence-corrected chi connectivity index (χ0v) is 12.9. The van der Waals surface area contributed by atoms with Crippen molar-refractivity contribution >= 4 is 30.8 Å². The van der Waals surface area contributed by atoms with Crippen LogP contribution < -0.4 is 5.73 Å². The molecule has 20 heavy (non-hydrogen) atoms. The van der Waals surface area contributed by atoms with Crippen LogP contribution in [-0.4, -0.2) is 39.6 Å². The maximum atomic E-state index is 11.5. The number of carbonyl (C=O) groups is 1. The second-order valence-corrected chi connectivity index (χ2v) is 4.74. The molecule has 1 aromatic rings. The Labute approximate surface area is 130 Å². The summed E-state index contributed by atoms with van der Waals surface area (Å²) >= 11 is 0. The van der Waals surface area contributed by atoms with Gasteiger partial charge in [-0.1, -0.05) is 0 Å². The van der Waals surface area contributed by atoms with E-state index in [0.29, 0.717) is 31.1 Å². The van der Waals surface area contributed by atoms with Crippen molar-refractivity contribution in [2.24, 2.45) is 11.7 Å². The molecule has 1 unspecified atom stereocenters. The average molecular weight is 326 g/mol. The first-order valence-corrected chi connectivity index (χ1v) is 6.23. The molecular weight excluding hydrogens is 305 g/mol. The molecule has 8 heteroatoms. The third-order valence-electron chi connectivity index (χ3n) is 3.26. The fourth-order valence-corrected chi connectivity index (χ4v) is 2.35. The van der Waals surface area contributed by atoms with E-state index in [0.717, 1.165) is 6.42 Å². The Morgan fingerprint density at radius 1 is 1.55 bits per heavy atom. The summed E-state index contributed by atoms with van der Waals surface area (Å²) in [7, 11) is 0. The van der Waals surface area contributed by atoms with Gasteiger partial charge < -0.3 is 15.6 Å². The SMILES string of the molecule is CCOC(=O)c1cnn(CC2C[C@@H](N)[C@H](O)C2)c1.Cl.Cl. The van der Waals surface area contributed by atoms with E-state index < -0.39 is 6.10 Å². The molecule has 1 aliphatic carbocycles. The first kappa shape index (κ1) is 19.2. The second kappa shape index (κ2) is 8.46. The van der Waals surface area contributed by atoms with Gasteiger partial charge in [0.1, 0.15) is 0 Å². The summed E-state index contributed by atoms with van der Waals surface area (Å²) in [5.74, 6) is -0.0446. The lowest BCUT2D eigenvalue weighted by molar-refractivity contribution is 0.0526. The summed E-state index contributed by atoms with van der Waals surface area (Å²) < 4.78 is 6.60. The van der Waals surface area contributed by atoms with Crippen molar-refractivity contribution in [3.8, 4) is 0 Å². The molecule has 0 amide bonds. The number of aromatic nitrogens is 2. The summed E-state index contributed by atoms with van der Waals surface area (Å²) in [4.78, 5) is 11.5. The van der Waals surface area contributed by atoms with Gasteiger partial charge in [-0.3, -0.25) is 4.68 Å². The molecule has 3 atom stereocenters. The van der Waals surface area contributed by atoms with Gasteiger partial charge in [0.05, 0.1) is 24.5 Å². The van der Waals surface area contributed by atoms with Crippen molar-refractivity contribution in [3.63, 3.8) is 0 Å². The molecule has 1 aliphatic rings. The standard InChI is InChI=1S/C12H19N3O3.2ClH/c1-2-18-12(17)9-5-14-15(7-9)6-8-3-10(13)11(16)4-8;;/h5,7-8,10-11,16H,2-4,6,13H2,1H3;2*1H/t8?,10-,11-;;/m1../s1. The van der Waals surface area contributed by atoms with Crippen molar-refractivity contribution < 1.29 is 14.6 Å². The molecule has 1 aromatic heterocycles. The number of carbonyl (C=O) groups excluding carboxylic acids is 1. The van der Waals surface area contributed by atoms with Crippen molar-refractivity contribution in [1.29, 1.82) is 0 Å². The minimum Gasteiger partial charge on any atom is -0.462 e. The molecule has 1 fully saturated rings. The van der Waals surface area contributed by atoms with Crippen LogP contribution in [0.4, 0.5) is 0 Å². The first-order chi connectivity index (χ1) is 8.60. The lowest BCUT2D eigenvalue weighted by Gasteiger charge is -2.08. The van der Waals surface area contributed by atoms with E-state index in [1.807, 2.05) is 0 Å². The summed E-state index contributed by atoms with van der Waals surface area (Å²) in [6, 6.07) is -0.143. The van der Waals surface area contributed by atoms with Gasteiger partial charge in [-0.15, -0.1) is 24.8 Å². The Hall–Kier alpha value is -0.820. The number of nitrogens with two attached hydrogens (primary N) is 1. The number of aliphatic hydroxyl groups is 1. The molecule has 0 bridgehead atoms. The normalized spacial score (nSPS) is 24.6. The Morgan fingerprint density at radius 2 is 2.25 bits per heavy atom. The van der Waals surface area contributed by atoms with Crippen LogP contribution in [-0.2, 0) is 11.3 Å². The lowest BCUT2D eigenvalue weighted by Crippen LogP contribution is -2.28. The molecule has 0 radical (unpaired) electrons. The van der Waals surface area contributed by atoms with E-state index in [2.05, 4.69) is 5.10 Å². The average Bonchev–Trinajstić information content (AvgIpc) is 2.88. The number of hydrogen-bond acceptors (Lipinski definition) is 5. The van der Waals surface area contributed by atoms with Crippen molar-refractivity contribution in [2.75, 3.05) is 6.61 Å². The highest BCUT2D eigenvalue weighted by Gasteiger charge is 2.30. The monoisotopic (exact) mass is 325 g/mol. The van der Waals surface area contributed by atoms with Crippen LogP contribution in [0, 0.1) is 5.92 Å². The number of aliphatic hydroxyl groups excluding tert-OH is 1. The Morgan fingerprint density at radius 3 is 2.80 bits per heavy atom. The predicted octanol–water partition coefficient (Wildman–Crippen LogP) is 1.00. The molecule has 0 aromatic carbocycles. The van der Waals surface area contributed by atoms with Crippen LogP contribution in [0.2, 0.25) is 0 Å². The number of esters is 1. The molecule has 2 rings (SSSR count). The first-order valence-electron chi connectivity index (χ1n) is 6.23. The highest BCUT2D eigenvalue weighted by atomic mass is 35.5. The number of hydrogen-bond donors (Lipinski definition) is 2. The molecule has 0 aliphatic heterocycles. The zero-order chi connectivity index (χ0) is 13.1. The molecule has 6 nitrogen and oxygen atoms in total. The predicted molar refractivity (Wildman–Crippen MR) is 79.4 cm³/mol. The van der Waals surface area contributed by atoms with E-state index >= 15 is 0 Å². The summed E-state index contributed by atoms with van der Waals surface area (Å²) in [6.07, 6.45) is 4.23. The molecule has 116 valence electrons. The van der Waals surface area contributed by atoms with Crippen molar-refractivity contribution in [1.82, 2.24) is 9.78 Å². The molecule has 0 saturated heterocycles. The molecular formula is C12H21Cl2N3O3. The summed E-state index contributed by atoms with van der Waals surface area (Å²) in [6.45, 7) is 2.79. The zero-order valence-electron chi connectivity index (χ0n) is 11.3. The number of ether oxygens (including phenoxy) is 1. The van der Waals surface area contributed by atoms with Gasteiger partial charge in [-0.25, -0.2) is 4.79 Å². The fraction of sp³-hybridized carbons (Fsp3) is 0.667. The van der Waals surface area contributed by atoms with Crippen LogP contribution in [0.15, 0.2) is 12.4 Å². The van der Waals surface area contributed by atoms with E-state index in [-0.39, 0.29) is 36.8 Å². The van der Waals surface area contributed by atoms with E-state index in [1.165, 1.54) is 6.20 Å². The van der Waals surface area contributed by atoms with Gasteiger partial charge in [0, 0.05) is 18.8 Å². The summed E-state index contributed by atoms with van der Waals surface area (Å²) in [5, 5.41) is 13.7. The third-order valence-corrected chi connectivity index (χ3v) is 3.26. The van der Waals surface area contributed by atoms with Crippen LogP contribution in [0.3, 0.4) is 0 Å². The minimum absolute atomic E-state index is 0. The molecule has 3 N–H and O–H groups in total. The number of nitrogens with zero attached hydrogens (tertiary/aromatic N) is 2. The molecule has 1 heterocycles. The Balaban J connectivity index is 0.00000180. The van der Waals surface area contributed by atoms with Gasteiger partial charge in [0.25, 0.3) is 0 Å². The van der Waals surface area contributed by atoms with Crippen molar-refractivity contribution in [2.45, 2.75) is 38.5 Å². The van der Waals surface area contributed by atoms with Crippen LogP contribution >= 0.6 is 24.8 Å². The molecule has 0 spiro atoms. The highest BCUT2D eigenvalue weighted by Crippen LogP contribution is 2.26. The quantitative estimate of drug-likeness (QED) is 0.806. The lowest BCUT2D eigenvalue weighted by atomic mass is 10.1. The van der Waals surface area contributed by atoms with Crippen LogP contribution in [0.25, 0.3) is 0 Å². The maximum Gasteiger partial charge on any atom is 0.341 e. The minimum atomic E-state index is -0.421. The van der Waals surface area contributed by atoms with Gasteiger partial charge in [-0.05, 0) is 25.7 Å². The van der Waals surface area contributed by atoms with Crippen LogP contribution in [0.1, 0.15) is 30.1 Å². The van der Waals surface area contributed by atoms with Gasteiger partial charge in [0.15, 0.2) is 0 Å². The van der Waals surface area contributed by atoms with Crippen LogP contribution in [0.5, 0.6) is 0 Å². The van der Waals surface area contributed by atoms with E-state index in [1.54, 1.807) is 17.8 Å². The molecule has 1 saturated carbocycles.